The fourth-order valence-electron chi connectivity index (χ4n) is 1.34. The van der Waals surface area contributed by atoms with Crippen molar-refractivity contribution < 1.29 is 13.2 Å². The zero-order valence-electron chi connectivity index (χ0n) is 9.01. The number of alkyl halides is 3. The Bertz CT molecular complexity index is 377. The first-order valence-corrected chi connectivity index (χ1v) is 4.78. The van der Waals surface area contributed by atoms with E-state index in [-0.39, 0.29) is 0 Å². The average molecular weight is 226 g/mol. The van der Waals surface area contributed by atoms with E-state index in [1.54, 1.807) is 12.2 Å². The highest BCUT2D eigenvalue weighted by atomic mass is 19.4. The van der Waals surface area contributed by atoms with Crippen LogP contribution >= 0.6 is 0 Å². The van der Waals surface area contributed by atoms with Crippen molar-refractivity contribution in [3.63, 3.8) is 0 Å². The van der Waals surface area contributed by atoms with Crippen LogP contribution in [-0.2, 0) is 11.6 Å². The van der Waals surface area contributed by atoms with Gasteiger partial charge in [-0.3, -0.25) is 0 Å². The smallest absolute Gasteiger partial charge is 0.166 e. The van der Waals surface area contributed by atoms with E-state index in [0.29, 0.717) is 0 Å². The lowest BCUT2D eigenvalue weighted by molar-refractivity contribution is -0.137. The largest absolute Gasteiger partial charge is 0.416 e. The van der Waals surface area contributed by atoms with Crippen LogP contribution in [0.1, 0.15) is 18.1 Å². The Kier molecular flexibility index (Phi) is 3.27. The minimum Gasteiger partial charge on any atom is -0.166 e. The first-order valence-electron chi connectivity index (χ1n) is 4.78. The van der Waals surface area contributed by atoms with Gasteiger partial charge in [0.15, 0.2) is 0 Å². The molecule has 1 aromatic rings. The molecule has 0 atom stereocenters. The van der Waals surface area contributed by atoms with Gasteiger partial charge in [0.1, 0.15) is 0 Å². The van der Waals surface area contributed by atoms with Crippen LogP contribution in [0, 0.1) is 0 Å². The standard InChI is InChI=1S/C13H13F3/c1-4-12(3,5-2)10-6-8-11(9-7-10)13(14,15)16/h4-9H,1-2H2,3H3. The van der Waals surface area contributed by atoms with Gasteiger partial charge in [0.2, 0.25) is 0 Å². The number of rotatable bonds is 3. The lowest BCUT2D eigenvalue weighted by Gasteiger charge is -2.22. The zero-order valence-corrected chi connectivity index (χ0v) is 9.01. The molecule has 0 aliphatic carbocycles. The number of hydrogen-bond acceptors (Lipinski definition) is 0. The molecule has 0 radical (unpaired) electrons. The molecule has 0 saturated carbocycles. The third kappa shape index (κ3) is 2.35. The van der Waals surface area contributed by atoms with Crippen LogP contribution in [-0.4, -0.2) is 0 Å². The second-order valence-corrected chi connectivity index (χ2v) is 3.77. The molecule has 0 heterocycles. The molecule has 0 unspecified atom stereocenters. The molecule has 0 saturated heterocycles. The Morgan fingerprint density at radius 2 is 1.31 bits per heavy atom. The predicted octanol–water partition coefficient (Wildman–Crippen LogP) is 4.34. The van der Waals surface area contributed by atoms with Gasteiger partial charge in [0.05, 0.1) is 5.56 Å². The van der Waals surface area contributed by atoms with Crippen molar-refractivity contribution in [1.29, 1.82) is 0 Å². The topological polar surface area (TPSA) is 0 Å². The quantitative estimate of drug-likeness (QED) is 0.673. The van der Waals surface area contributed by atoms with Gasteiger partial charge in [-0.05, 0) is 24.6 Å². The maximum Gasteiger partial charge on any atom is 0.416 e. The molecule has 1 aromatic carbocycles. The summed E-state index contributed by atoms with van der Waals surface area (Å²) >= 11 is 0. The highest BCUT2D eigenvalue weighted by Crippen LogP contribution is 2.32. The van der Waals surface area contributed by atoms with Gasteiger partial charge in [-0.25, -0.2) is 0 Å². The molecule has 0 aromatic heterocycles. The summed E-state index contributed by atoms with van der Waals surface area (Å²) in [6, 6.07) is 5.04. The lowest BCUT2D eigenvalue weighted by atomic mass is 9.82. The molecule has 0 aliphatic rings. The maximum atomic E-state index is 12.3. The first-order chi connectivity index (χ1) is 7.33. The second-order valence-electron chi connectivity index (χ2n) is 3.77. The lowest BCUT2D eigenvalue weighted by Crippen LogP contribution is -2.15. The number of halogens is 3. The molecule has 0 spiro atoms. The van der Waals surface area contributed by atoms with Crippen molar-refractivity contribution in [3.05, 3.63) is 60.7 Å². The summed E-state index contributed by atoms with van der Waals surface area (Å²) in [7, 11) is 0. The van der Waals surface area contributed by atoms with Crippen LogP contribution in [0.4, 0.5) is 13.2 Å². The highest BCUT2D eigenvalue weighted by molar-refractivity contribution is 5.36. The summed E-state index contributed by atoms with van der Waals surface area (Å²) in [4.78, 5) is 0. The molecule has 16 heavy (non-hydrogen) atoms. The summed E-state index contributed by atoms with van der Waals surface area (Å²) in [5.74, 6) is 0. The molecule has 3 heteroatoms. The van der Waals surface area contributed by atoms with Gasteiger partial charge in [-0.2, -0.15) is 13.2 Å². The Morgan fingerprint density at radius 1 is 0.938 bits per heavy atom. The first kappa shape index (κ1) is 12.6. The SMILES string of the molecule is C=CC(C)(C=C)c1ccc(C(F)(F)F)cc1. The van der Waals surface area contributed by atoms with Crippen LogP contribution < -0.4 is 0 Å². The van der Waals surface area contributed by atoms with Crippen molar-refractivity contribution in [1.82, 2.24) is 0 Å². The van der Waals surface area contributed by atoms with Gasteiger partial charge in [0, 0.05) is 5.41 Å². The Labute approximate surface area is 93.1 Å². The number of benzene rings is 1. The fraction of sp³-hybridized carbons (Fsp3) is 0.231. The third-order valence-electron chi connectivity index (χ3n) is 2.68. The normalized spacial score (nSPS) is 12.2. The molecule has 1 rings (SSSR count). The van der Waals surface area contributed by atoms with Crippen LogP contribution in [0.25, 0.3) is 0 Å². The minimum atomic E-state index is -4.29. The van der Waals surface area contributed by atoms with Crippen molar-refractivity contribution >= 4 is 0 Å². The Balaban J connectivity index is 3.13. The van der Waals surface area contributed by atoms with E-state index in [0.717, 1.165) is 17.7 Å². The minimum absolute atomic E-state index is 0.496. The molecular weight excluding hydrogens is 213 g/mol. The summed E-state index contributed by atoms with van der Waals surface area (Å²) in [5, 5.41) is 0. The number of hydrogen-bond donors (Lipinski definition) is 0. The van der Waals surface area contributed by atoms with Crippen molar-refractivity contribution in [2.24, 2.45) is 0 Å². The Hall–Kier alpha value is -1.51. The van der Waals surface area contributed by atoms with Crippen LogP contribution in [0.2, 0.25) is 0 Å². The molecule has 86 valence electrons. The van der Waals surface area contributed by atoms with Gasteiger partial charge < -0.3 is 0 Å². The molecule has 0 amide bonds. The average Bonchev–Trinajstić information content (AvgIpc) is 2.27. The summed E-state index contributed by atoms with van der Waals surface area (Å²) in [6.45, 7) is 9.16. The van der Waals surface area contributed by atoms with E-state index in [2.05, 4.69) is 13.2 Å². The molecule has 0 N–H and O–H groups in total. The van der Waals surface area contributed by atoms with Crippen LogP contribution in [0.5, 0.6) is 0 Å². The number of allylic oxidation sites excluding steroid dienone is 2. The van der Waals surface area contributed by atoms with Gasteiger partial charge in [-0.1, -0.05) is 24.3 Å². The van der Waals surface area contributed by atoms with Crippen LogP contribution in [0.15, 0.2) is 49.6 Å². The molecule has 0 bridgehead atoms. The summed E-state index contributed by atoms with van der Waals surface area (Å²) < 4.78 is 37.0. The van der Waals surface area contributed by atoms with Gasteiger partial charge >= 0.3 is 6.18 Å². The van der Waals surface area contributed by atoms with Crippen molar-refractivity contribution in [2.75, 3.05) is 0 Å². The molecule has 0 aliphatic heterocycles. The van der Waals surface area contributed by atoms with E-state index in [1.807, 2.05) is 6.92 Å². The fourth-order valence-corrected chi connectivity index (χ4v) is 1.34. The molecular formula is C13H13F3. The molecule has 0 nitrogen and oxygen atoms in total. The highest BCUT2D eigenvalue weighted by Gasteiger charge is 2.30. The Morgan fingerprint density at radius 3 is 1.62 bits per heavy atom. The monoisotopic (exact) mass is 226 g/mol. The zero-order chi connectivity index (χ0) is 12.4. The van der Waals surface area contributed by atoms with E-state index >= 15 is 0 Å². The van der Waals surface area contributed by atoms with Crippen molar-refractivity contribution in [3.8, 4) is 0 Å². The second kappa shape index (κ2) is 4.16. The maximum absolute atomic E-state index is 12.3. The van der Waals surface area contributed by atoms with E-state index < -0.39 is 17.2 Å². The van der Waals surface area contributed by atoms with E-state index in [9.17, 15) is 13.2 Å². The van der Waals surface area contributed by atoms with E-state index in [1.165, 1.54) is 12.1 Å². The van der Waals surface area contributed by atoms with Gasteiger partial charge in [-0.15, -0.1) is 13.2 Å². The van der Waals surface area contributed by atoms with E-state index in [4.69, 9.17) is 0 Å². The summed E-state index contributed by atoms with van der Waals surface area (Å²) in [5.41, 5.74) is -0.401. The van der Waals surface area contributed by atoms with Gasteiger partial charge in [0.25, 0.3) is 0 Å². The van der Waals surface area contributed by atoms with Crippen LogP contribution in [0.3, 0.4) is 0 Å². The summed E-state index contributed by atoms with van der Waals surface area (Å²) in [6.07, 6.45) is -0.984. The van der Waals surface area contributed by atoms with Crippen molar-refractivity contribution in [2.45, 2.75) is 18.5 Å². The predicted molar refractivity (Wildman–Crippen MR) is 59.2 cm³/mol. The third-order valence-corrected chi connectivity index (χ3v) is 2.68. The molecule has 0 fully saturated rings.